The fraction of sp³-hybridized carbons (Fsp3) is 0.200. The lowest BCUT2D eigenvalue weighted by molar-refractivity contribution is -0.141. The number of methoxy groups -OCH3 is 1. The molecule has 2 amide bonds. The third-order valence-electron chi connectivity index (χ3n) is 5.13. The number of carbonyl (C=O) groups excluding carboxylic acids is 2. The molecule has 4 rings (SSSR count). The van der Waals surface area contributed by atoms with Gasteiger partial charge in [-0.15, -0.1) is 22.7 Å². The van der Waals surface area contributed by atoms with Crippen molar-refractivity contribution in [3.8, 4) is 5.75 Å². The van der Waals surface area contributed by atoms with Crippen LogP contribution in [0.2, 0.25) is 0 Å². The van der Waals surface area contributed by atoms with Crippen molar-refractivity contribution in [3.63, 3.8) is 0 Å². The molecule has 8 heteroatoms. The van der Waals surface area contributed by atoms with Crippen LogP contribution in [0.25, 0.3) is 0 Å². The molecular weight excluding hydrogens is 456 g/mol. The minimum atomic E-state index is -0.763. The van der Waals surface area contributed by atoms with E-state index in [9.17, 15) is 9.59 Å². The lowest BCUT2D eigenvalue weighted by atomic mass is 10.1. The summed E-state index contributed by atoms with van der Waals surface area (Å²) in [6, 6.07) is 18.0. The van der Waals surface area contributed by atoms with Gasteiger partial charge in [-0.25, -0.2) is 0 Å². The first-order valence-corrected chi connectivity index (χ1v) is 12.2. The van der Waals surface area contributed by atoms with Gasteiger partial charge >= 0.3 is 0 Å². The molecule has 33 heavy (non-hydrogen) atoms. The normalized spacial score (nSPS) is 11.7. The second-order valence-corrected chi connectivity index (χ2v) is 9.35. The maximum atomic E-state index is 13.5. The molecule has 3 aromatic heterocycles. The van der Waals surface area contributed by atoms with Crippen molar-refractivity contribution in [1.29, 1.82) is 0 Å². The van der Waals surface area contributed by atoms with Crippen LogP contribution >= 0.6 is 22.7 Å². The average Bonchev–Trinajstić information content (AvgIpc) is 3.62. The van der Waals surface area contributed by atoms with Crippen LogP contribution in [-0.2, 0) is 29.1 Å². The first-order valence-electron chi connectivity index (χ1n) is 10.4. The van der Waals surface area contributed by atoms with Crippen LogP contribution in [0.3, 0.4) is 0 Å². The van der Waals surface area contributed by atoms with E-state index < -0.39 is 6.04 Å². The van der Waals surface area contributed by atoms with Gasteiger partial charge in [-0.1, -0.05) is 24.3 Å². The summed E-state index contributed by atoms with van der Waals surface area (Å²) >= 11 is 2.98. The van der Waals surface area contributed by atoms with Crippen LogP contribution in [0.15, 0.2) is 82.1 Å². The minimum absolute atomic E-state index is 0.133. The number of nitrogens with one attached hydrogen (secondary N) is 1. The van der Waals surface area contributed by atoms with Gasteiger partial charge in [0.2, 0.25) is 11.8 Å². The van der Waals surface area contributed by atoms with E-state index in [-0.39, 0.29) is 24.8 Å². The van der Waals surface area contributed by atoms with E-state index in [2.05, 4.69) is 5.32 Å². The quantitative estimate of drug-likeness (QED) is 0.345. The van der Waals surface area contributed by atoms with Gasteiger partial charge in [0.25, 0.3) is 0 Å². The van der Waals surface area contributed by atoms with Crippen LogP contribution in [0, 0.1) is 0 Å². The Morgan fingerprint density at radius 2 is 1.82 bits per heavy atom. The molecule has 1 aromatic carbocycles. The highest BCUT2D eigenvalue weighted by molar-refractivity contribution is 7.10. The van der Waals surface area contributed by atoms with Crippen molar-refractivity contribution in [2.24, 2.45) is 0 Å². The molecule has 4 aromatic rings. The first kappa shape index (κ1) is 22.8. The topological polar surface area (TPSA) is 71.8 Å². The summed E-state index contributed by atoms with van der Waals surface area (Å²) < 4.78 is 10.7. The molecule has 0 spiro atoms. The lowest BCUT2D eigenvalue weighted by Gasteiger charge is -2.30. The maximum Gasteiger partial charge on any atom is 0.248 e. The van der Waals surface area contributed by atoms with E-state index in [1.165, 1.54) is 22.7 Å². The Bertz CT molecular complexity index is 1140. The molecule has 0 aliphatic heterocycles. The fourth-order valence-electron chi connectivity index (χ4n) is 3.46. The Morgan fingerprint density at radius 1 is 1.03 bits per heavy atom. The Hall–Kier alpha value is -3.36. The van der Waals surface area contributed by atoms with E-state index in [0.717, 1.165) is 21.1 Å². The van der Waals surface area contributed by atoms with Gasteiger partial charge in [-0.3, -0.25) is 9.59 Å². The molecule has 0 unspecified atom stereocenters. The van der Waals surface area contributed by atoms with Crippen molar-refractivity contribution in [1.82, 2.24) is 10.2 Å². The first-order chi connectivity index (χ1) is 16.1. The summed E-state index contributed by atoms with van der Waals surface area (Å²) in [4.78, 5) is 30.2. The summed E-state index contributed by atoms with van der Waals surface area (Å²) in [7, 11) is 1.61. The molecule has 0 fully saturated rings. The van der Waals surface area contributed by atoms with Crippen molar-refractivity contribution >= 4 is 34.5 Å². The number of ether oxygens (including phenoxy) is 1. The van der Waals surface area contributed by atoms with Crippen molar-refractivity contribution in [3.05, 3.63) is 98.8 Å². The highest BCUT2D eigenvalue weighted by atomic mass is 32.1. The molecular formula is C25H24N2O4S2. The van der Waals surface area contributed by atoms with Crippen LogP contribution < -0.4 is 10.1 Å². The Balaban J connectivity index is 1.58. The molecule has 0 aliphatic carbocycles. The summed E-state index contributed by atoms with van der Waals surface area (Å²) in [5.74, 6) is 1.01. The van der Waals surface area contributed by atoms with E-state index in [0.29, 0.717) is 12.3 Å². The summed E-state index contributed by atoms with van der Waals surface area (Å²) in [5, 5.41) is 6.86. The summed E-state index contributed by atoms with van der Waals surface area (Å²) in [6.07, 6.45) is 1.80. The van der Waals surface area contributed by atoms with Crippen molar-refractivity contribution in [2.45, 2.75) is 25.6 Å². The third-order valence-corrected chi connectivity index (χ3v) is 6.93. The highest BCUT2D eigenvalue weighted by Crippen LogP contribution is 2.29. The summed E-state index contributed by atoms with van der Waals surface area (Å²) in [5.41, 5.74) is 0.941. The van der Waals surface area contributed by atoms with Crippen molar-refractivity contribution < 1.29 is 18.7 Å². The second-order valence-electron chi connectivity index (χ2n) is 7.34. The molecule has 0 radical (unpaired) electrons. The smallest absolute Gasteiger partial charge is 0.248 e. The minimum Gasteiger partial charge on any atom is -0.497 e. The van der Waals surface area contributed by atoms with E-state index in [4.69, 9.17) is 9.15 Å². The fourth-order valence-corrected chi connectivity index (χ4v) is 4.99. The van der Waals surface area contributed by atoms with Crippen molar-refractivity contribution in [2.75, 3.05) is 7.11 Å². The Kier molecular flexibility index (Phi) is 7.59. The zero-order valence-electron chi connectivity index (χ0n) is 18.1. The van der Waals surface area contributed by atoms with Crippen LogP contribution in [0.4, 0.5) is 0 Å². The van der Waals surface area contributed by atoms with Gasteiger partial charge in [-0.05, 0) is 52.7 Å². The molecule has 6 nitrogen and oxygen atoms in total. The molecule has 0 saturated carbocycles. The zero-order valence-corrected chi connectivity index (χ0v) is 19.7. The molecule has 0 aliphatic rings. The van der Waals surface area contributed by atoms with Gasteiger partial charge in [-0.2, -0.15) is 0 Å². The van der Waals surface area contributed by atoms with Gasteiger partial charge < -0.3 is 19.4 Å². The second kappa shape index (κ2) is 11.0. The standard InChI is InChI=1S/C25H24N2O4S2/c1-30-19-10-8-18(9-11-19)16-26-25(29)24(22-7-4-14-33-22)27(17-20-5-2-12-31-20)23(28)15-21-6-3-13-32-21/h2-14,24H,15-17H2,1H3,(H,26,29)/t24-/m1/s1. The van der Waals surface area contributed by atoms with E-state index >= 15 is 0 Å². The Morgan fingerprint density at radius 3 is 2.45 bits per heavy atom. The molecule has 0 bridgehead atoms. The molecule has 170 valence electrons. The molecule has 3 heterocycles. The largest absolute Gasteiger partial charge is 0.497 e. The number of hydrogen-bond donors (Lipinski definition) is 1. The van der Waals surface area contributed by atoms with E-state index in [1.54, 1.807) is 24.3 Å². The number of hydrogen-bond acceptors (Lipinski definition) is 6. The van der Waals surface area contributed by atoms with Gasteiger partial charge in [0, 0.05) is 16.3 Å². The maximum absolute atomic E-state index is 13.5. The van der Waals surface area contributed by atoms with Gasteiger partial charge in [0.05, 0.1) is 26.3 Å². The lowest BCUT2D eigenvalue weighted by Crippen LogP contribution is -2.43. The number of rotatable bonds is 10. The number of benzene rings is 1. The predicted octanol–water partition coefficient (Wildman–Crippen LogP) is 5.04. The Labute approximate surface area is 200 Å². The van der Waals surface area contributed by atoms with Crippen LogP contribution in [0.1, 0.15) is 27.1 Å². The van der Waals surface area contributed by atoms with Gasteiger partial charge in [0.1, 0.15) is 17.6 Å². The SMILES string of the molecule is COc1ccc(CNC(=O)[C@@H](c2cccs2)N(Cc2ccco2)C(=O)Cc2cccs2)cc1. The van der Waals surface area contributed by atoms with Crippen LogP contribution in [0.5, 0.6) is 5.75 Å². The predicted molar refractivity (Wildman–Crippen MR) is 129 cm³/mol. The zero-order chi connectivity index (χ0) is 23.0. The molecule has 1 N–H and O–H groups in total. The number of thiophene rings is 2. The highest BCUT2D eigenvalue weighted by Gasteiger charge is 2.33. The number of nitrogens with zero attached hydrogens (tertiary/aromatic N) is 1. The molecule has 1 atom stereocenters. The monoisotopic (exact) mass is 480 g/mol. The third kappa shape index (κ3) is 5.91. The van der Waals surface area contributed by atoms with Gasteiger partial charge in [0.15, 0.2) is 0 Å². The summed E-state index contributed by atoms with van der Waals surface area (Å²) in [6.45, 7) is 0.550. The number of furan rings is 1. The van der Waals surface area contributed by atoms with E-state index in [1.807, 2.05) is 65.4 Å². The number of carbonyl (C=O) groups is 2. The average molecular weight is 481 g/mol. The number of amides is 2. The van der Waals surface area contributed by atoms with Crippen LogP contribution in [-0.4, -0.2) is 23.8 Å². The molecule has 0 saturated heterocycles.